The summed E-state index contributed by atoms with van der Waals surface area (Å²) in [5.74, 6) is 1.91. The maximum absolute atomic E-state index is 4.83. The summed E-state index contributed by atoms with van der Waals surface area (Å²) >= 11 is 1.90. The summed E-state index contributed by atoms with van der Waals surface area (Å²) in [6.07, 6.45) is 4.74. The van der Waals surface area contributed by atoms with E-state index in [9.17, 15) is 0 Å². The van der Waals surface area contributed by atoms with Crippen LogP contribution in [0.15, 0.2) is 4.99 Å². The largest absolute Gasteiger partial charge is 0.360 e. The molecule has 17 heavy (non-hydrogen) atoms. The van der Waals surface area contributed by atoms with Gasteiger partial charge in [0.15, 0.2) is 5.17 Å². The van der Waals surface area contributed by atoms with E-state index in [1.54, 1.807) is 0 Å². The standard InChI is InChI=1S/C14H28N2S/c1-6-14(7-2,8-3)16-13-15-12(10-17-13)9-11(4)5/h11-12H,6-10H2,1-5H3,(H,15,16). The van der Waals surface area contributed by atoms with Gasteiger partial charge in [-0.2, -0.15) is 0 Å². The summed E-state index contributed by atoms with van der Waals surface area (Å²) in [7, 11) is 0. The smallest absolute Gasteiger partial charge is 0.157 e. The van der Waals surface area contributed by atoms with Gasteiger partial charge in [-0.15, -0.1) is 0 Å². The molecule has 0 aliphatic carbocycles. The van der Waals surface area contributed by atoms with Gasteiger partial charge in [-0.25, -0.2) is 0 Å². The van der Waals surface area contributed by atoms with Crippen molar-refractivity contribution in [3.8, 4) is 0 Å². The van der Waals surface area contributed by atoms with Crippen molar-refractivity contribution in [2.24, 2.45) is 10.9 Å². The van der Waals surface area contributed by atoms with Crippen molar-refractivity contribution in [1.82, 2.24) is 5.32 Å². The van der Waals surface area contributed by atoms with Crippen molar-refractivity contribution in [2.75, 3.05) is 5.75 Å². The predicted octanol–water partition coefficient (Wildman–Crippen LogP) is 4.06. The average Bonchev–Trinajstić information content (AvgIpc) is 2.72. The lowest BCUT2D eigenvalue weighted by atomic mass is 9.90. The van der Waals surface area contributed by atoms with Crippen LogP contribution in [-0.4, -0.2) is 22.5 Å². The minimum Gasteiger partial charge on any atom is -0.360 e. The highest BCUT2D eigenvalue weighted by Crippen LogP contribution is 2.26. The number of hydrogen-bond donors (Lipinski definition) is 1. The molecule has 1 atom stereocenters. The lowest BCUT2D eigenvalue weighted by Gasteiger charge is -2.32. The van der Waals surface area contributed by atoms with Crippen LogP contribution in [0.2, 0.25) is 0 Å². The third-order valence-corrected chi connectivity index (χ3v) is 4.89. The highest BCUT2D eigenvalue weighted by atomic mass is 32.2. The van der Waals surface area contributed by atoms with Gasteiger partial charge < -0.3 is 5.32 Å². The number of thioether (sulfide) groups is 1. The van der Waals surface area contributed by atoms with Gasteiger partial charge in [0.2, 0.25) is 0 Å². The maximum Gasteiger partial charge on any atom is 0.157 e. The second kappa shape index (κ2) is 6.67. The van der Waals surface area contributed by atoms with Crippen molar-refractivity contribution >= 4 is 16.9 Å². The topological polar surface area (TPSA) is 24.4 Å². The molecule has 0 fully saturated rings. The Balaban J connectivity index is 2.57. The van der Waals surface area contributed by atoms with Gasteiger partial charge in [0.05, 0.1) is 6.04 Å². The first kappa shape index (κ1) is 14.9. The monoisotopic (exact) mass is 256 g/mol. The molecule has 1 aliphatic rings. The van der Waals surface area contributed by atoms with E-state index < -0.39 is 0 Å². The van der Waals surface area contributed by atoms with Crippen molar-refractivity contribution < 1.29 is 0 Å². The van der Waals surface area contributed by atoms with Crippen LogP contribution in [0, 0.1) is 5.92 Å². The van der Waals surface area contributed by atoms with Gasteiger partial charge in [-0.1, -0.05) is 46.4 Å². The molecule has 2 nitrogen and oxygen atoms in total. The van der Waals surface area contributed by atoms with E-state index in [1.165, 1.54) is 30.9 Å². The molecule has 0 spiro atoms. The molecule has 0 aromatic carbocycles. The summed E-state index contributed by atoms with van der Waals surface area (Å²) in [5, 5.41) is 4.88. The molecule has 0 bridgehead atoms. The van der Waals surface area contributed by atoms with Crippen LogP contribution < -0.4 is 5.32 Å². The SMILES string of the molecule is CCC(CC)(CC)NC1=NC(CC(C)C)CS1. The quantitative estimate of drug-likeness (QED) is 0.775. The van der Waals surface area contributed by atoms with E-state index >= 15 is 0 Å². The Bertz CT molecular complexity index is 249. The Labute approximate surface area is 111 Å². The molecule has 0 aromatic heterocycles. The van der Waals surface area contributed by atoms with Crippen LogP contribution in [0.25, 0.3) is 0 Å². The summed E-state index contributed by atoms with van der Waals surface area (Å²) in [4.78, 5) is 4.83. The number of aliphatic imine (C=N–C) groups is 1. The fourth-order valence-corrected chi connectivity index (χ4v) is 3.46. The fraction of sp³-hybridized carbons (Fsp3) is 0.929. The molecule has 100 valence electrons. The van der Waals surface area contributed by atoms with Gasteiger partial charge >= 0.3 is 0 Å². The first-order chi connectivity index (χ1) is 8.05. The van der Waals surface area contributed by atoms with Crippen LogP contribution in [0.1, 0.15) is 60.3 Å². The molecule has 0 aromatic rings. The summed E-state index contributed by atoms with van der Waals surface area (Å²) in [6, 6.07) is 0.533. The zero-order chi connectivity index (χ0) is 12.9. The Morgan fingerprint density at radius 3 is 2.35 bits per heavy atom. The Morgan fingerprint density at radius 1 is 1.29 bits per heavy atom. The van der Waals surface area contributed by atoms with Crippen LogP contribution in [0.4, 0.5) is 0 Å². The molecule has 3 heteroatoms. The zero-order valence-corrected chi connectivity index (χ0v) is 12.9. The van der Waals surface area contributed by atoms with Crippen LogP contribution in [0.3, 0.4) is 0 Å². The number of nitrogens with zero attached hydrogens (tertiary/aromatic N) is 1. The summed E-state index contributed by atoms with van der Waals surface area (Å²) in [6.45, 7) is 11.4. The molecule has 0 radical (unpaired) electrons. The fourth-order valence-electron chi connectivity index (χ4n) is 2.39. The van der Waals surface area contributed by atoms with Crippen LogP contribution >= 0.6 is 11.8 Å². The molecule has 1 heterocycles. The molecular formula is C14H28N2S. The van der Waals surface area contributed by atoms with E-state index in [0.29, 0.717) is 6.04 Å². The summed E-state index contributed by atoms with van der Waals surface area (Å²) in [5.41, 5.74) is 0.262. The van der Waals surface area contributed by atoms with Gasteiger partial charge in [-0.3, -0.25) is 4.99 Å². The van der Waals surface area contributed by atoms with E-state index in [-0.39, 0.29) is 5.54 Å². The first-order valence-corrected chi connectivity index (χ1v) is 8.02. The minimum atomic E-state index is 0.262. The molecule has 1 N–H and O–H groups in total. The first-order valence-electron chi connectivity index (χ1n) is 7.04. The lowest BCUT2D eigenvalue weighted by molar-refractivity contribution is 0.341. The Kier molecular flexibility index (Phi) is 5.84. The third kappa shape index (κ3) is 4.20. The molecule has 0 amide bonds. The Morgan fingerprint density at radius 2 is 1.88 bits per heavy atom. The number of amidine groups is 1. The third-order valence-electron chi connectivity index (χ3n) is 3.86. The zero-order valence-electron chi connectivity index (χ0n) is 12.0. The van der Waals surface area contributed by atoms with Gasteiger partial charge in [0.1, 0.15) is 0 Å². The van der Waals surface area contributed by atoms with Gasteiger partial charge in [0, 0.05) is 11.3 Å². The second-order valence-electron chi connectivity index (χ2n) is 5.49. The van der Waals surface area contributed by atoms with Crippen LogP contribution in [0.5, 0.6) is 0 Å². The van der Waals surface area contributed by atoms with E-state index in [0.717, 1.165) is 11.7 Å². The molecule has 1 rings (SSSR count). The van der Waals surface area contributed by atoms with E-state index in [4.69, 9.17) is 4.99 Å². The average molecular weight is 256 g/mol. The van der Waals surface area contributed by atoms with E-state index in [1.807, 2.05) is 11.8 Å². The number of rotatable bonds is 6. The van der Waals surface area contributed by atoms with Crippen molar-refractivity contribution in [3.63, 3.8) is 0 Å². The molecule has 0 saturated heterocycles. The van der Waals surface area contributed by atoms with Crippen LogP contribution in [-0.2, 0) is 0 Å². The molecule has 0 saturated carbocycles. The van der Waals surface area contributed by atoms with Crippen molar-refractivity contribution in [2.45, 2.75) is 71.9 Å². The van der Waals surface area contributed by atoms with Gasteiger partial charge in [-0.05, 0) is 31.6 Å². The number of hydrogen-bond acceptors (Lipinski definition) is 3. The maximum atomic E-state index is 4.83. The predicted molar refractivity (Wildman–Crippen MR) is 79.9 cm³/mol. The highest BCUT2D eigenvalue weighted by molar-refractivity contribution is 8.14. The van der Waals surface area contributed by atoms with Gasteiger partial charge in [0.25, 0.3) is 0 Å². The molecular weight excluding hydrogens is 228 g/mol. The lowest BCUT2D eigenvalue weighted by Crippen LogP contribution is -2.45. The molecule has 1 aliphatic heterocycles. The Hall–Kier alpha value is -0.180. The van der Waals surface area contributed by atoms with Crippen molar-refractivity contribution in [3.05, 3.63) is 0 Å². The van der Waals surface area contributed by atoms with E-state index in [2.05, 4.69) is 39.9 Å². The number of nitrogens with one attached hydrogen (secondary N) is 1. The summed E-state index contributed by atoms with van der Waals surface area (Å²) < 4.78 is 0. The minimum absolute atomic E-state index is 0.262. The normalized spacial score (nSPS) is 20.8. The van der Waals surface area contributed by atoms with Crippen molar-refractivity contribution in [1.29, 1.82) is 0 Å². The second-order valence-corrected chi connectivity index (χ2v) is 6.50. The molecule has 1 unspecified atom stereocenters. The highest BCUT2D eigenvalue weighted by Gasteiger charge is 2.28.